The Hall–Kier alpha value is -1.35. The van der Waals surface area contributed by atoms with Crippen LogP contribution in [0.25, 0.3) is 0 Å². The maximum atomic E-state index is 9.09. The molecule has 1 heterocycles. The van der Waals surface area contributed by atoms with Crippen molar-refractivity contribution in [3.63, 3.8) is 0 Å². The summed E-state index contributed by atoms with van der Waals surface area (Å²) in [5, 5.41) is 9.09. The van der Waals surface area contributed by atoms with Gasteiger partial charge in [0, 0.05) is 11.1 Å². The molecule has 0 fully saturated rings. The zero-order valence-electron chi connectivity index (χ0n) is 13.1. The molecule has 0 saturated carbocycles. The average Bonchev–Trinajstić information content (AvgIpc) is 2.86. The largest absolute Gasteiger partial charge is 0.392 e. The van der Waals surface area contributed by atoms with Gasteiger partial charge in [0.2, 0.25) is 6.34 Å². The second-order valence-electron chi connectivity index (χ2n) is 6.16. The van der Waals surface area contributed by atoms with Crippen LogP contribution in [0.5, 0.6) is 0 Å². The molecule has 0 aliphatic carbocycles. The van der Waals surface area contributed by atoms with E-state index >= 15 is 0 Å². The Morgan fingerprint density at radius 2 is 1.75 bits per heavy atom. The Bertz CT molecular complexity index is 466. The van der Waals surface area contributed by atoms with Gasteiger partial charge in [0.1, 0.15) is 25.3 Å². The van der Waals surface area contributed by atoms with Crippen molar-refractivity contribution in [2.75, 3.05) is 31.1 Å². The van der Waals surface area contributed by atoms with Gasteiger partial charge in [-0.2, -0.15) is 0 Å². The third-order valence-electron chi connectivity index (χ3n) is 3.95. The number of β-amino-alcohol motifs (C(OH)–C–C–N with tert-alkyl or cyclic N) is 1. The standard InChI is InChI=1S/C17H27N2O/c1-13(2)15-6-5-7-16(14(3)4)17(15)19-9-8-18(12-19)10-11-20/h5-7,12-14,20H,8-11H2,1-4H3/q+1. The van der Waals surface area contributed by atoms with Gasteiger partial charge in [-0.15, -0.1) is 0 Å². The highest BCUT2D eigenvalue weighted by Crippen LogP contribution is 2.35. The maximum absolute atomic E-state index is 9.09. The Labute approximate surface area is 122 Å². The van der Waals surface area contributed by atoms with Gasteiger partial charge in [0.25, 0.3) is 0 Å². The minimum atomic E-state index is 0.215. The lowest BCUT2D eigenvalue weighted by atomic mass is 9.92. The van der Waals surface area contributed by atoms with Crippen molar-refractivity contribution in [1.82, 2.24) is 0 Å². The van der Waals surface area contributed by atoms with Gasteiger partial charge in [0.05, 0.1) is 6.61 Å². The number of hydrogen-bond acceptors (Lipinski definition) is 2. The fraction of sp³-hybridized carbons (Fsp3) is 0.588. The summed E-state index contributed by atoms with van der Waals surface area (Å²) in [4.78, 5) is 2.36. The molecule has 2 rings (SSSR count). The summed E-state index contributed by atoms with van der Waals surface area (Å²) >= 11 is 0. The van der Waals surface area contributed by atoms with Crippen LogP contribution < -0.4 is 4.90 Å². The van der Waals surface area contributed by atoms with Crippen molar-refractivity contribution in [2.24, 2.45) is 0 Å². The highest BCUT2D eigenvalue weighted by molar-refractivity contribution is 5.81. The molecule has 3 heteroatoms. The predicted octanol–water partition coefficient (Wildman–Crippen LogP) is 2.79. The average molecular weight is 275 g/mol. The maximum Gasteiger partial charge on any atom is 0.239 e. The van der Waals surface area contributed by atoms with E-state index in [1.54, 1.807) is 0 Å². The SMILES string of the molecule is CC(C)c1cccc(C(C)C)c1N1C=[N+](CCO)CC1. The van der Waals surface area contributed by atoms with E-state index in [0.29, 0.717) is 11.8 Å². The molecular weight excluding hydrogens is 248 g/mol. The van der Waals surface area contributed by atoms with Crippen molar-refractivity contribution in [2.45, 2.75) is 39.5 Å². The van der Waals surface area contributed by atoms with Gasteiger partial charge in [-0.05, 0) is 11.8 Å². The summed E-state index contributed by atoms with van der Waals surface area (Å²) in [5.74, 6) is 1.04. The molecule has 110 valence electrons. The fourth-order valence-electron chi connectivity index (χ4n) is 2.86. The van der Waals surface area contributed by atoms with E-state index in [9.17, 15) is 0 Å². The van der Waals surface area contributed by atoms with Gasteiger partial charge in [0.15, 0.2) is 0 Å². The van der Waals surface area contributed by atoms with Crippen LogP contribution in [0.2, 0.25) is 0 Å². The number of nitrogens with zero attached hydrogens (tertiary/aromatic N) is 2. The zero-order valence-corrected chi connectivity index (χ0v) is 13.1. The number of rotatable bonds is 5. The van der Waals surface area contributed by atoms with Crippen LogP contribution in [0, 0.1) is 0 Å². The van der Waals surface area contributed by atoms with Crippen LogP contribution in [0.3, 0.4) is 0 Å². The van der Waals surface area contributed by atoms with E-state index < -0.39 is 0 Å². The van der Waals surface area contributed by atoms with Gasteiger partial charge in [-0.25, -0.2) is 4.90 Å². The molecule has 0 spiro atoms. The van der Waals surface area contributed by atoms with E-state index in [-0.39, 0.29) is 6.61 Å². The summed E-state index contributed by atoms with van der Waals surface area (Å²) in [6.07, 6.45) is 2.17. The van der Waals surface area contributed by atoms with Crippen LogP contribution in [0.15, 0.2) is 18.2 Å². The summed E-state index contributed by atoms with van der Waals surface area (Å²) in [6.45, 7) is 11.9. The van der Waals surface area contributed by atoms with E-state index in [2.05, 4.69) is 61.7 Å². The molecule has 0 saturated heterocycles. The first-order chi connectivity index (χ1) is 9.54. The molecule has 20 heavy (non-hydrogen) atoms. The number of para-hydroxylation sites is 1. The zero-order chi connectivity index (χ0) is 14.7. The number of aliphatic hydroxyl groups excluding tert-OH is 1. The number of aliphatic hydroxyl groups is 1. The van der Waals surface area contributed by atoms with Crippen molar-refractivity contribution in [3.8, 4) is 0 Å². The minimum absolute atomic E-state index is 0.215. The number of benzene rings is 1. The van der Waals surface area contributed by atoms with Crippen LogP contribution in [-0.2, 0) is 0 Å². The highest BCUT2D eigenvalue weighted by Gasteiger charge is 2.27. The second kappa shape index (κ2) is 6.40. The first-order valence-corrected chi connectivity index (χ1v) is 7.64. The molecule has 3 nitrogen and oxygen atoms in total. The molecule has 1 aliphatic heterocycles. The molecule has 0 radical (unpaired) electrons. The number of hydrogen-bond donors (Lipinski definition) is 1. The van der Waals surface area contributed by atoms with E-state index in [4.69, 9.17) is 5.11 Å². The molecule has 1 aromatic rings. The van der Waals surface area contributed by atoms with Crippen LogP contribution >= 0.6 is 0 Å². The normalized spacial score (nSPS) is 15.3. The van der Waals surface area contributed by atoms with Crippen molar-refractivity contribution >= 4 is 12.0 Å². The molecule has 0 amide bonds. The summed E-state index contributed by atoms with van der Waals surface area (Å²) in [6, 6.07) is 6.67. The lowest BCUT2D eigenvalue weighted by Crippen LogP contribution is -2.22. The van der Waals surface area contributed by atoms with Gasteiger partial charge < -0.3 is 5.11 Å². The molecule has 0 aromatic heterocycles. The van der Waals surface area contributed by atoms with Gasteiger partial charge in [-0.3, -0.25) is 4.58 Å². The van der Waals surface area contributed by atoms with Crippen molar-refractivity contribution in [3.05, 3.63) is 29.3 Å². The first kappa shape index (κ1) is 15.0. The smallest absolute Gasteiger partial charge is 0.239 e. The molecule has 1 aromatic carbocycles. The van der Waals surface area contributed by atoms with E-state index in [1.165, 1.54) is 16.8 Å². The molecule has 0 atom stereocenters. The second-order valence-corrected chi connectivity index (χ2v) is 6.16. The summed E-state index contributed by atoms with van der Waals surface area (Å²) in [7, 11) is 0. The van der Waals surface area contributed by atoms with Gasteiger partial charge in [-0.1, -0.05) is 45.9 Å². The summed E-state index contributed by atoms with van der Waals surface area (Å²) < 4.78 is 2.20. The van der Waals surface area contributed by atoms with Gasteiger partial charge >= 0.3 is 0 Å². The Kier molecular flexibility index (Phi) is 4.81. The molecule has 0 unspecified atom stereocenters. The topological polar surface area (TPSA) is 26.5 Å². The minimum Gasteiger partial charge on any atom is -0.392 e. The van der Waals surface area contributed by atoms with Crippen LogP contribution in [0.1, 0.15) is 50.7 Å². The molecular formula is C17H27N2O+. The summed E-state index contributed by atoms with van der Waals surface area (Å²) in [5.41, 5.74) is 4.20. The third kappa shape index (κ3) is 3.04. The van der Waals surface area contributed by atoms with Crippen molar-refractivity contribution in [1.29, 1.82) is 0 Å². The van der Waals surface area contributed by atoms with Crippen molar-refractivity contribution < 1.29 is 9.68 Å². The highest BCUT2D eigenvalue weighted by atomic mass is 16.3. The quantitative estimate of drug-likeness (QED) is 0.836. The third-order valence-corrected chi connectivity index (χ3v) is 3.95. The monoisotopic (exact) mass is 275 g/mol. The van der Waals surface area contributed by atoms with E-state index in [1.807, 2.05) is 0 Å². The number of anilines is 1. The Morgan fingerprint density at radius 1 is 1.15 bits per heavy atom. The molecule has 1 aliphatic rings. The Morgan fingerprint density at radius 3 is 2.25 bits per heavy atom. The Balaban J connectivity index is 2.44. The fourth-order valence-corrected chi connectivity index (χ4v) is 2.86. The lowest BCUT2D eigenvalue weighted by molar-refractivity contribution is -0.515. The molecule has 1 N–H and O–H groups in total. The lowest BCUT2D eigenvalue weighted by Gasteiger charge is -2.20. The van der Waals surface area contributed by atoms with Crippen LogP contribution in [0.4, 0.5) is 5.69 Å². The van der Waals surface area contributed by atoms with Crippen LogP contribution in [-0.4, -0.2) is 42.3 Å². The first-order valence-electron chi connectivity index (χ1n) is 7.64. The molecule has 0 bridgehead atoms. The predicted molar refractivity (Wildman–Crippen MR) is 85.1 cm³/mol. The van der Waals surface area contributed by atoms with E-state index in [0.717, 1.165) is 19.6 Å².